The highest BCUT2D eigenvalue weighted by Gasteiger charge is 2.45. The van der Waals surface area contributed by atoms with Crippen molar-refractivity contribution in [1.29, 1.82) is 0 Å². The van der Waals surface area contributed by atoms with Crippen molar-refractivity contribution in [3.05, 3.63) is 59.7 Å². The van der Waals surface area contributed by atoms with Crippen LogP contribution < -0.4 is 10.6 Å². The van der Waals surface area contributed by atoms with E-state index in [-0.39, 0.29) is 38.1 Å². The van der Waals surface area contributed by atoms with Gasteiger partial charge in [0.15, 0.2) is 5.54 Å². The number of hydrogen-bond donors (Lipinski definition) is 3. The first kappa shape index (κ1) is 23.8. The number of carbonyl (C=O) groups excluding carboxylic acids is 2. The molecule has 2 aliphatic rings. The van der Waals surface area contributed by atoms with Gasteiger partial charge in [0.05, 0.1) is 6.61 Å². The predicted molar refractivity (Wildman–Crippen MR) is 125 cm³/mol. The molecule has 0 aromatic heterocycles. The summed E-state index contributed by atoms with van der Waals surface area (Å²) in [5.41, 5.74) is 2.96. The van der Waals surface area contributed by atoms with E-state index in [2.05, 4.69) is 22.8 Å². The maximum absolute atomic E-state index is 13.0. The fourth-order valence-electron chi connectivity index (χ4n) is 4.67. The van der Waals surface area contributed by atoms with E-state index < -0.39 is 29.6 Å². The smallest absolute Gasteiger partial charge is 0.407 e. The summed E-state index contributed by atoms with van der Waals surface area (Å²) in [5.74, 6) is -2.04. The van der Waals surface area contributed by atoms with E-state index in [9.17, 15) is 19.5 Å². The molecule has 0 radical (unpaired) electrons. The van der Waals surface area contributed by atoms with Crippen molar-refractivity contribution < 1.29 is 29.0 Å². The van der Waals surface area contributed by atoms with Gasteiger partial charge in [0, 0.05) is 18.9 Å². The second kappa shape index (κ2) is 9.85. The second-order valence-electron chi connectivity index (χ2n) is 9.01. The monoisotopic (exact) mass is 466 g/mol. The van der Waals surface area contributed by atoms with Crippen LogP contribution in [0.25, 0.3) is 11.1 Å². The first-order valence-corrected chi connectivity index (χ1v) is 11.6. The maximum atomic E-state index is 13.0. The highest BCUT2D eigenvalue weighted by Crippen LogP contribution is 2.44. The number of ether oxygens (including phenoxy) is 2. The Bertz CT molecular complexity index is 1030. The van der Waals surface area contributed by atoms with E-state index >= 15 is 0 Å². The third-order valence-electron chi connectivity index (χ3n) is 6.91. The van der Waals surface area contributed by atoms with E-state index in [4.69, 9.17) is 9.47 Å². The Hall–Kier alpha value is -3.39. The Labute approximate surface area is 198 Å². The fraction of sp³-hybridized carbons (Fsp3) is 0.423. The van der Waals surface area contributed by atoms with Crippen molar-refractivity contribution in [3.8, 4) is 11.1 Å². The van der Waals surface area contributed by atoms with Crippen LogP contribution in [0.5, 0.6) is 0 Å². The third-order valence-corrected chi connectivity index (χ3v) is 6.91. The molecule has 1 heterocycles. The van der Waals surface area contributed by atoms with Gasteiger partial charge in [0.2, 0.25) is 5.91 Å². The number of aliphatic carboxylic acids is 1. The summed E-state index contributed by atoms with van der Waals surface area (Å²) in [6, 6.07) is 15.2. The van der Waals surface area contributed by atoms with Crippen LogP contribution in [-0.2, 0) is 19.1 Å². The van der Waals surface area contributed by atoms with E-state index in [0.717, 1.165) is 22.3 Å². The lowest BCUT2D eigenvalue weighted by molar-refractivity contribution is -0.148. The minimum atomic E-state index is -1.48. The summed E-state index contributed by atoms with van der Waals surface area (Å²) in [4.78, 5) is 37.6. The summed E-state index contributed by atoms with van der Waals surface area (Å²) in [7, 11) is 0. The number of carbonyl (C=O) groups is 3. The molecule has 2 amide bonds. The first-order valence-electron chi connectivity index (χ1n) is 11.6. The number of hydrogen-bond acceptors (Lipinski definition) is 5. The van der Waals surface area contributed by atoms with Gasteiger partial charge >= 0.3 is 12.1 Å². The molecule has 2 aromatic carbocycles. The van der Waals surface area contributed by atoms with Crippen molar-refractivity contribution in [3.63, 3.8) is 0 Å². The van der Waals surface area contributed by atoms with E-state index in [1.807, 2.05) is 50.2 Å². The maximum Gasteiger partial charge on any atom is 0.407 e. The van der Waals surface area contributed by atoms with E-state index in [0.29, 0.717) is 6.42 Å². The van der Waals surface area contributed by atoms with Crippen LogP contribution in [0.15, 0.2) is 48.5 Å². The average Bonchev–Trinajstić information content (AvgIpc) is 3.44. The molecule has 1 aliphatic carbocycles. The topological polar surface area (TPSA) is 114 Å². The molecule has 1 fully saturated rings. The molecule has 8 heteroatoms. The molecule has 1 aliphatic heterocycles. The molecule has 0 saturated carbocycles. The number of carboxylic acids is 1. The van der Waals surface area contributed by atoms with E-state index in [1.54, 1.807) is 0 Å². The number of fused-ring (bicyclic) bond motifs is 3. The predicted octanol–water partition coefficient (Wildman–Crippen LogP) is 3.30. The standard InChI is InChI=1S/C26H30N2O6/c1-3-16(2)22(23(29)28-26(24(30)31)12-13-33-15-26)27-25(32)34-14-21-19-10-6-4-8-17(19)18-9-5-7-11-20(18)21/h4-11,16,21-22H,3,12-15H2,1-2H3,(H,27,32)(H,28,29)(H,30,31)/t16?,22-,26?/m0/s1. The molecule has 3 atom stereocenters. The van der Waals surface area contributed by atoms with Crippen molar-refractivity contribution in [2.45, 2.75) is 44.2 Å². The minimum Gasteiger partial charge on any atom is -0.479 e. The van der Waals surface area contributed by atoms with Crippen molar-refractivity contribution in [2.24, 2.45) is 5.92 Å². The zero-order valence-corrected chi connectivity index (χ0v) is 19.4. The molecule has 0 bridgehead atoms. The number of alkyl carbamates (subject to hydrolysis) is 1. The highest BCUT2D eigenvalue weighted by molar-refractivity contribution is 5.91. The molecule has 2 unspecified atom stereocenters. The van der Waals surface area contributed by atoms with Crippen LogP contribution in [0.1, 0.15) is 43.7 Å². The molecule has 34 heavy (non-hydrogen) atoms. The van der Waals surface area contributed by atoms with Gasteiger partial charge in [-0.3, -0.25) is 4.79 Å². The fourth-order valence-corrected chi connectivity index (χ4v) is 4.67. The van der Waals surface area contributed by atoms with E-state index in [1.165, 1.54) is 0 Å². The van der Waals surface area contributed by atoms with Gasteiger partial charge in [-0.25, -0.2) is 9.59 Å². The number of rotatable bonds is 8. The molecular formula is C26H30N2O6. The van der Waals surface area contributed by atoms with Crippen LogP contribution in [0, 0.1) is 5.92 Å². The van der Waals surface area contributed by atoms with Crippen LogP contribution in [0.3, 0.4) is 0 Å². The molecule has 180 valence electrons. The zero-order valence-electron chi connectivity index (χ0n) is 19.4. The Morgan fingerprint density at radius 2 is 1.74 bits per heavy atom. The van der Waals surface area contributed by atoms with Gasteiger partial charge in [-0.15, -0.1) is 0 Å². The lowest BCUT2D eigenvalue weighted by Gasteiger charge is -2.29. The zero-order chi connectivity index (χ0) is 24.3. The van der Waals surface area contributed by atoms with Gasteiger partial charge in [0.25, 0.3) is 0 Å². The molecule has 4 rings (SSSR count). The lowest BCUT2D eigenvalue weighted by atomic mass is 9.94. The van der Waals surface area contributed by atoms with Crippen LogP contribution in [-0.4, -0.2) is 54.5 Å². The van der Waals surface area contributed by atoms with Crippen LogP contribution in [0.2, 0.25) is 0 Å². The molecule has 3 N–H and O–H groups in total. The van der Waals surface area contributed by atoms with Crippen molar-refractivity contribution in [1.82, 2.24) is 10.6 Å². The van der Waals surface area contributed by atoms with Crippen LogP contribution >= 0.6 is 0 Å². The summed E-state index contributed by atoms with van der Waals surface area (Å²) in [6.07, 6.45) is 0.0687. The van der Waals surface area contributed by atoms with Crippen molar-refractivity contribution in [2.75, 3.05) is 19.8 Å². The third kappa shape index (κ3) is 4.50. The molecule has 8 nitrogen and oxygen atoms in total. The second-order valence-corrected chi connectivity index (χ2v) is 9.01. The van der Waals surface area contributed by atoms with Gasteiger partial charge in [-0.1, -0.05) is 68.8 Å². The average molecular weight is 467 g/mol. The van der Waals surface area contributed by atoms with Gasteiger partial charge in [-0.2, -0.15) is 0 Å². The molecular weight excluding hydrogens is 436 g/mol. The van der Waals surface area contributed by atoms with Gasteiger partial charge in [-0.05, 0) is 28.2 Å². The highest BCUT2D eigenvalue weighted by atomic mass is 16.5. The summed E-state index contributed by atoms with van der Waals surface area (Å²) < 4.78 is 10.8. The Morgan fingerprint density at radius 3 is 2.26 bits per heavy atom. The Kier molecular flexibility index (Phi) is 6.88. The summed E-state index contributed by atoms with van der Waals surface area (Å²) >= 11 is 0. The van der Waals surface area contributed by atoms with Crippen LogP contribution in [0.4, 0.5) is 4.79 Å². The summed E-state index contributed by atoms with van der Waals surface area (Å²) in [6.45, 7) is 4.00. The number of amides is 2. The summed E-state index contributed by atoms with van der Waals surface area (Å²) in [5, 5.41) is 14.9. The number of benzene rings is 2. The van der Waals surface area contributed by atoms with Crippen molar-refractivity contribution >= 4 is 18.0 Å². The SMILES string of the molecule is CCC(C)[C@H](NC(=O)OCC1c2ccccc2-c2ccccc21)C(=O)NC1(C(=O)O)CCOC1. The largest absolute Gasteiger partial charge is 0.479 e. The molecule has 0 spiro atoms. The Balaban J connectivity index is 1.44. The minimum absolute atomic E-state index is 0.0973. The van der Waals surface area contributed by atoms with Gasteiger partial charge in [0.1, 0.15) is 12.6 Å². The normalized spacial score (nSPS) is 20.6. The first-order chi connectivity index (χ1) is 16.4. The lowest BCUT2D eigenvalue weighted by Crippen LogP contribution is -2.61. The number of carboxylic acid groups (broad SMARTS) is 1. The number of nitrogens with one attached hydrogen (secondary N) is 2. The Morgan fingerprint density at radius 1 is 1.12 bits per heavy atom. The molecule has 2 aromatic rings. The quantitative estimate of drug-likeness (QED) is 0.550. The molecule has 1 saturated heterocycles. The van der Waals surface area contributed by atoms with Gasteiger partial charge < -0.3 is 25.2 Å².